The van der Waals surface area contributed by atoms with Crippen molar-refractivity contribution in [2.24, 2.45) is 0 Å². The summed E-state index contributed by atoms with van der Waals surface area (Å²) in [6.07, 6.45) is 0.578. The Morgan fingerprint density at radius 2 is 2.20 bits per heavy atom. The molecule has 0 aliphatic carbocycles. The Hall–Kier alpha value is -1.58. The van der Waals surface area contributed by atoms with Crippen LogP contribution in [0, 0.1) is 5.82 Å². The Bertz CT molecular complexity index is 413. The maximum Gasteiger partial charge on any atom is 0.197 e. The van der Waals surface area contributed by atoms with Crippen LogP contribution in [0.3, 0.4) is 0 Å². The number of hydrogen-bond acceptors (Lipinski definition) is 3. The highest BCUT2D eigenvalue weighted by Crippen LogP contribution is 2.37. The van der Waals surface area contributed by atoms with Gasteiger partial charge in [0.25, 0.3) is 0 Å². The maximum atomic E-state index is 13.4. The number of carbonyl (C=O) groups is 1. The molecule has 0 spiro atoms. The van der Waals surface area contributed by atoms with Crippen molar-refractivity contribution < 1.29 is 18.7 Å². The molecule has 0 aromatic heterocycles. The van der Waals surface area contributed by atoms with Gasteiger partial charge in [0.05, 0.1) is 0 Å². The van der Waals surface area contributed by atoms with Gasteiger partial charge in [0, 0.05) is 5.56 Å². The standard InChI is InChI=1S/C11H11FO3/c1-11(2)6-14-10-8(12)3-7(5-13)4-9(10)15-11/h3-5H,6H2,1-2H3. The molecule has 15 heavy (non-hydrogen) atoms. The number of halogens is 1. The number of hydrogen-bond donors (Lipinski definition) is 0. The van der Waals surface area contributed by atoms with Gasteiger partial charge in [-0.3, -0.25) is 4.79 Å². The van der Waals surface area contributed by atoms with E-state index in [-0.39, 0.29) is 23.7 Å². The molecule has 0 N–H and O–H groups in total. The zero-order valence-corrected chi connectivity index (χ0v) is 8.54. The van der Waals surface area contributed by atoms with Gasteiger partial charge in [-0.1, -0.05) is 0 Å². The summed E-state index contributed by atoms with van der Waals surface area (Å²) in [6, 6.07) is 2.61. The molecule has 0 atom stereocenters. The minimum Gasteiger partial charge on any atom is -0.483 e. The second-order valence-corrected chi connectivity index (χ2v) is 4.10. The molecule has 1 aromatic carbocycles. The lowest BCUT2D eigenvalue weighted by molar-refractivity contribution is 0.0184. The van der Waals surface area contributed by atoms with E-state index < -0.39 is 11.4 Å². The topological polar surface area (TPSA) is 35.5 Å². The normalized spacial score (nSPS) is 17.3. The maximum absolute atomic E-state index is 13.4. The van der Waals surface area contributed by atoms with E-state index in [2.05, 4.69) is 0 Å². The van der Waals surface area contributed by atoms with E-state index in [9.17, 15) is 9.18 Å². The average Bonchev–Trinajstić information content (AvgIpc) is 2.15. The predicted octanol–water partition coefficient (Wildman–Crippen LogP) is 2.19. The summed E-state index contributed by atoms with van der Waals surface area (Å²) in [4.78, 5) is 10.5. The molecule has 1 aliphatic heterocycles. The van der Waals surface area contributed by atoms with Crippen LogP contribution in [-0.4, -0.2) is 18.5 Å². The molecule has 0 bridgehead atoms. The van der Waals surface area contributed by atoms with Crippen molar-refractivity contribution in [2.75, 3.05) is 6.61 Å². The Labute approximate surface area is 86.8 Å². The third-order valence-corrected chi connectivity index (χ3v) is 2.12. The Kier molecular flexibility index (Phi) is 2.14. The third-order valence-electron chi connectivity index (χ3n) is 2.12. The lowest BCUT2D eigenvalue weighted by Gasteiger charge is -2.32. The summed E-state index contributed by atoms with van der Waals surface area (Å²) in [7, 11) is 0. The van der Waals surface area contributed by atoms with Crippen molar-refractivity contribution >= 4 is 6.29 Å². The van der Waals surface area contributed by atoms with Gasteiger partial charge in [-0.25, -0.2) is 4.39 Å². The molecule has 0 fully saturated rings. The molecule has 0 unspecified atom stereocenters. The van der Waals surface area contributed by atoms with Gasteiger partial charge in [-0.15, -0.1) is 0 Å². The van der Waals surface area contributed by atoms with Crippen molar-refractivity contribution in [2.45, 2.75) is 19.4 Å². The molecule has 2 rings (SSSR count). The zero-order valence-electron chi connectivity index (χ0n) is 8.54. The monoisotopic (exact) mass is 210 g/mol. The molecular weight excluding hydrogens is 199 g/mol. The highest BCUT2D eigenvalue weighted by molar-refractivity contribution is 5.76. The summed E-state index contributed by atoms with van der Waals surface area (Å²) in [5, 5.41) is 0. The number of benzene rings is 1. The first kappa shape index (κ1) is 9.96. The van der Waals surface area contributed by atoms with E-state index in [4.69, 9.17) is 9.47 Å². The summed E-state index contributed by atoms with van der Waals surface area (Å²) >= 11 is 0. The average molecular weight is 210 g/mol. The summed E-state index contributed by atoms with van der Waals surface area (Å²) in [5.74, 6) is -0.196. The van der Waals surface area contributed by atoms with Gasteiger partial charge in [0.15, 0.2) is 17.3 Å². The molecule has 0 radical (unpaired) electrons. The van der Waals surface area contributed by atoms with Crippen LogP contribution in [0.2, 0.25) is 0 Å². The first-order valence-electron chi connectivity index (χ1n) is 4.62. The van der Waals surface area contributed by atoms with Crippen LogP contribution in [0.15, 0.2) is 12.1 Å². The second kappa shape index (κ2) is 3.22. The first-order chi connectivity index (χ1) is 7.02. The molecular formula is C11H11FO3. The molecule has 3 nitrogen and oxygen atoms in total. The highest BCUT2D eigenvalue weighted by atomic mass is 19.1. The van der Waals surface area contributed by atoms with Crippen molar-refractivity contribution in [1.82, 2.24) is 0 Å². The molecule has 1 aliphatic rings. The van der Waals surface area contributed by atoms with Gasteiger partial charge in [-0.05, 0) is 26.0 Å². The number of fused-ring (bicyclic) bond motifs is 1. The lowest BCUT2D eigenvalue weighted by Crippen LogP contribution is -2.39. The van der Waals surface area contributed by atoms with Gasteiger partial charge >= 0.3 is 0 Å². The van der Waals surface area contributed by atoms with Crippen molar-refractivity contribution in [3.8, 4) is 11.5 Å². The smallest absolute Gasteiger partial charge is 0.197 e. The minimum absolute atomic E-state index is 0.0833. The fourth-order valence-electron chi connectivity index (χ4n) is 1.45. The molecule has 1 aromatic rings. The van der Waals surface area contributed by atoms with Gasteiger partial charge < -0.3 is 9.47 Å². The number of rotatable bonds is 1. The van der Waals surface area contributed by atoms with Gasteiger partial charge in [0.2, 0.25) is 0 Å². The van der Waals surface area contributed by atoms with E-state index in [1.807, 2.05) is 13.8 Å². The molecule has 0 saturated carbocycles. The fraction of sp³-hybridized carbons (Fsp3) is 0.364. The van der Waals surface area contributed by atoms with Crippen LogP contribution in [0.25, 0.3) is 0 Å². The molecule has 80 valence electrons. The van der Waals surface area contributed by atoms with Crippen LogP contribution in [0.5, 0.6) is 11.5 Å². The SMILES string of the molecule is CC1(C)COc2c(F)cc(C=O)cc2O1. The highest BCUT2D eigenvalue weighted by Gasteiger charge is 2.30. The lowest BCUT2D eigenvalue weighted by atomic mass is 10.1. The number of carbonyl (C=O) groups excluding carboxylic acids is 1. The quantitative estimate of drug-likeness (QED) is 0.666. The molecule has 0 saturated heterocycles. The fourth-order valence-corrected chi connectivity index (χ4v) is 1.45. The largest absolute Gasteiger partial charge is 0.483 e. The summed E-state index contributed by atoms with van der Waals surface area (Å²) < 4.78 is 24.2. The first-order valence-corrected chi connectivity index (χ1v) is 4.62. The van der Waals surface area contributed by atoms with Crippen LogP contribution in [0.4, 0.5) is 4.39 Å². The predicted molar refractivity (Wildman–Crippen MR) is 52.0 cm³/mol. The molecule has 0 amide bonds. The third kappa shape index (κ3) is 1.79. The number of aldehydes is 1. The van der Waals surface area contributed by atoms with E-state index in [1.54, 1.807) is 0 Å². The zero-order chi connectivity index (χ0) is 11.1. The summed E-state index contributed by atoms with van der Waals surface area (Å²) in [5.41, 5.74) is -0.256. The van der Waals surface area contributed by atoms with Crippen molar-refractivity contribution in [3.05, 3.63) is 23.5 Å². The van der Waals surface area contributed by atoms with Crippen LogP contribution in [0.1, 0.15) is 24.2 Å². The van der Waals surface area contributed by atoms with E-state index in [1.165, 1.54) is 6.07 Å². The molecule has 1 heterocycles. The number of ether oxygens (including phenoxy) is 2. The Morgan fingerprint density at radius 1 is 1.47 bits per heavy atom. The van der Waals surface area contributed by atoms with Crippen LogP contribution in [-0.2, 0) is 0 Å². The minimum atomic E-state index is -0.565. The van der Waals surface area contributed by atoms with Crippen LogP contribution >= 0.6 is 0 Å². The van der Waals surface area contributed by atoms with Crippen molar-refractivity contribution in [1.29, 1.82) is 0 Å². The van der Waals surface area contributed by atoms with Crippen LogP contribution < -0.4 is 9.47 Å². The van der Waals surface area contributed by atoms with E-state index in [0.29, 0.717) is 6.29 Å². The van der Waals surface area contributed by atoms with Gasteiger partial charge in [-0.2, -0.15) is 0 Å². The van der Waals surface area contributed by atoms with E-state index >= 15 is 0 Å². The Morgan fingerprint density at radius 3 is 2.87 bits per heavy atom. The Balaban J connectivity index is 2.49. The molecule has 4 heteroatoms. The summed E-state index contributed by atoms with van der Waals surface area (Å²) in [6.45, 7) is 3.96. The van der Waals surface area contributed by atoms with Crippen molar-refractivity contribution in [3.63, 3.8) is 0 Å². The van der Waals surface area contributed by atoms with E-state index in [0.717, 1.165) is 6.07 Å². The second-order valence-electron chi connectivity index (χ2n) is 4.10. The van der Waals surface area contributed by atoms with Gasteiger partial charge in [0.1, 0.15) is 18.5 Å².